The molecule has 0 bridgehead atoms. The van der Waals surface area contributed by atoms with Crippen LogP contribution < -0.4 is 11.3 Å². The predicted octanol–water partition coefficient (Wildman–Crippen LogP) is 1.93. The van der Waals surface area contributed by atoms with Gasteiger partial charge in [-0.15, -0.1) is 0 Å². The molecule has 2 aromatic rings. The summed E-state index contributed by atoms with van der Waals surface area (Å²) in [6.07, 6.45) is 0. The summed E-state index contributed by atoms with van der Waals surface area (Å²) < 4.78 is 0. The number of aromatic amines is 1. The number of pyridine rings is 1. The molecule has 1 aromatic carbocycles. The SMILES string of the molecule is Cc1c(N)cccc1-c1cccc(=O)[nH]1. The number of anilines is 1. The molecule has 1 aromatic heterocycles. The van der Waals surface area contributed by atoms with Crippen LogP contribution in [0.3, 0.4) is 0 Å². The molecule has 3 nitrogen and oxygen atoms in total. The van der Waals surface area contributed by atoms with Crippen LogP contribution >= 0.6 is 0 Å². The van der Waals surface area contributed by atoms with Crippen LogP contribution in [-0.2, 0) is 0 Å². The first-order valence-corrected chi connectivity index (χ1v) is 4.73. The highest BCUT2D eigenvalue weighted by Gasteiger charge is 2.03. The third kappa shape index (κ3) is 1.76. The summed E-state index contributed by atoms with van der Waals surface area (Å²) in [6.45, 7) is 1.94. The quantitative estimate of drug-likeness (QED) is 0.691. The van der Waals surface area contributed by atoms with Gasteiger partial charge in [0.25, 0.3) is 0 Å². The van der Waals surface area contributed by atoms with Gasteiger partial charge < -0.3 is 10.7 Å². The fraction of sp³-hybridized carbons (Fsp3) is 0.0833. The van der Waals surface area contributed by atoms with E-state index >= 15 is 0 Å². The molecule has 0 radical (unpaired) electrons. The zero-order chi connectivity index (χ0) is 10.8. The van der Waals surface area contributed by atoms with Crippen molar-refractivity contribution in [2.75, 3.05) is 5.73 Å². The van der Waals surface area contributed by atoms with E-state index in [1.807, 2.05) is 31.2 Å². The molecule has 0 amide bonds. The molecule has 1 heterocycles. The number of rotatable bonds is 1. The highest BCUT2D eigenvalue weighted by atomic mass is 16.1. The Balaban J connectivity index is 2.64. The topological polar surface area (TPSA) is 58.9 Å². The molecule has 2 rings (SSSR count). The maximum Gasteiger partial charge on any atom is 0.248 e. The van der Waals surface area contributed by atoms with Crippen LogP contribution in [0.1, 0.15) is 5.56 Å². The van der Waals surface area contributed by atoms with Crippen LogP contribution in [-0.4, -0.2) is 4.98 Å². The molecule has 0 atom stereocenters. The van der Waals surface area contributed by atoms with Gasteiger partial charge in [0.15, 0.2) is 0 Å². The summed E-state index contributed by atoms with van der Waals surface area (Å²) in [7, 11) is 0. The molecule has 0 aliphatic rings. The molecule has 0 fully saturated rings. The molecule has 3 heteroatoms. The highest BCUT2D eigenvalue weighted by Crippen LogP contribution is 2.24. The van der Waals surface area contributed by atoms with Gasteiger partial charge in [-0.25, -0.2) is 0 Å². The minimum absolute atomic E-state index is 0.102. The Labute approximate surface area is 87.6 Å². The molecular formula is C12H12N2O. The van der Waals surface area contributed by atoms with Gasteiger partial charge in [0.2, 0.25) is 5.56 Å². The second kappa shape index (κ2) is 3.61. The van der Waals surface area contributed by atoms with Crippen molar-refractivity contribution in [3.63, 3.8) is 0 Å². The van der Waals surface area contributed by atoms with Gasteiger partial charge in [-0.2, -0.15) is 0 Å². The Morgan fingerprint density at radius 1 is 1.13 bits per heavy atom. The van der Waals surface area contributed by atoms with Gasteiger partial charge in [0.1, 0.15) is 0 Å². The largest absolute Gasteiger partial charge is 0.398 e. The van der Waals surface area contributed by atoms with Crippen LogP contribution in [0.2, 0.25) is 0 Å². The Morgan fingerprint density at radius 2 is 1.87 bits per heavy atom. The van der Waals surface area contributed by atoms with Crippen LogP contribution in [0.15, 0.2) is 41.2 Å². The number of H-pyrrole nitrogens is 1. The van der Waals surface area contributed by atoms with Gasteiger partial charge >= 0.3 is 0 Å². The average Bonchev–Trinajstić information content (AvgIpc) is 2.22. The van der Waals surface area contributed by atoms with Crippen LogP contribution in [0, 0.1) is 6.92 Å². The van der Waals surface area contributed by atoms with E-state index in [1.165, 1.54) is 6.07 Å². The molecule has 15 heavy (non-hydrogen) atoms. The number of hydrogen-bond donors (Lipinski definition) is 2. The normalized spacial score (nSPS) is 10.2. The maximum absolute atomic E-state index is 11.2. The summed E-state index contributed by atoms with van der Waals surface area (Å²) >= 11 is 0. The Kier molecular flexibility index (Phi) is 2.29. The Hall–Kier alpha value is -2.03. The second-order valence-corrected chi connectivity index (χ2v) is 3.45. The summed E-state index contributed by atoms with van der Waals surface area (Å²) in [5.74, 6) is 0. The van der Waals surface area contributed by atoms with Crippen LogP contribution in [0.5, 0.6) is 0 Å². The molecule has 0 saturated heterocycles. The van der Waals surface area contributed by atoms with E-state index in [1.54, 1.807) is 6.07 Å². The minimum Gasteiger partial charge on any atom is -0.398 e. The predicted molar refractivity (Wildman–Crippen MR) is 61.6 cm³/mol. The van der Waals surface area contributed by atoms with Crippen LogP contribution in [0.4, 0.5) is 5.69 Å². The summed E-state index contributed by atoms with van der Waals surface area (Å²) in [5.41, 5.74) is 9.18. The standard InChI is InChI=1S/C12H12N2O/c1-8-9(4-2-5-10(8)13)11-6-3-7-12(15)14-11/h2-7H,13H2,1H3,(H,14,15). The molecule has 0 unspecified atom stereocenters. The van der Waals surface area contributed by atoms with E-state index < -0.39 is 0 Å². The Morgan fingerprint density at radius 3 is 2.60 bits per heavy atom. The lowest BCUT2D eigenvalue weighted by molar-refractivity contribution is 1.23. The van der Waals surface area contributed by atoms with E-state index in [4.69, 9.17) is 5.73 Å². The Bertz CT molecular complexity index is 543. The first-order valence-electron chi connectivity index (χ1n) is 4.73. The molecular weight excluding hydrogens is 188 g/mol. The summed E-state index contributed by atoms with van der Waals surface area (Å²) in [6, 6.07) is 10.8. The fourth-order valence-electron chi connectivity index (χ4n) is 1.55. The van der Waals surface area contributed by atoms with Gasteiger partial charge in [0, 0.05) is 23.0 Å². The third-order valence-corrected chi connectivity index (χ3v) is 2.43. The first-order chi connectivity index (χ1) is 7.18. The van der Waals surface area contributed by atoms with E-state index in [2.05, 4.69) is 4.98 Å². The number of nitrogens with two attached hydrogens (primary N) is 1. The van der Waals surface area contributed by atoms with E-state index in [0.717, 1.165) is 22.5 Å². The van der Waals surface area contributed by atoms with Crippen molar-refractivity contribution < 1.29 is 0 Å². The number of benzene rings is 1. The van der Waals surface area contributed by atoms with E-state index in [9.17, 15) is 4.79 Å². The van der Waals surface area contributed by atoms with E-state index in [-0.39, 0.29) is 5.56 Å². The zero-order valence-corrected chi connectivity index (χ0v) is 8.45. The number of nitrogens with one attached hydrogen (secondary N) is 1. The van der Waals surface area contributed by atoms with Gasteiger partial charge in [-0.3, -0.25) is 4.79 Å². The highest BCUT2D eigenvalue weighted by molar-refractivity contribution is 5.69. The zero-order valence-electron chi connectivity index (χ0n) is 8.45. The van der Waals surface area contributed by atoms with Crippen molar-refractivity contribution in [3.05, 3.63) is 52.3 Å². The van der Waals surface area contributed by atoms with Crippen molar-refractivity contribution in [1.29, 1.82) is 0 Å². The lowest BCUT2D eigenvalue weighted by Gasteiger charge is -2.07. The van der Waals surface area contributed by atoms with Crippen molar-refractivity contribution in [3.8, 4) is 11.3 Å². The van der Waals surface area contributed by atoms with Crippen molar-refractivity contribution in [2.45, 2.75) is 6.92 Å². The molecule has 3 N–H and O–H groups in total. The molecule has 0 saturated carbocycles. The number of hydrogen-bond acceptors (Lipinski definition) is 2. The lowest BCUT2D eigenvalue weighted by atomic mass is 10.0. The second-order valence-electron chi connectivity index (χ2n) is 3.45. The lowest BCUT2D eigenvalue weighted by Crippen LogP contribution is -2.04. The van der Waals surface area contributed by atoms with Gasteiger partial charge in [-0.1, -0.05) is 18.2 Å². The summed E-state index contributed by atoms with van der Waals surface area (Å²) in [4.78, 5) is 14.0. The number of nitrogen functional groups attached to an aromatic ring is 1. The maximum atomic E-state index is 11.2. The van der Waals surface area contributed by atoms with Crippen molar-refractivity contribution >= 4 is 5.69 Å². The molecule has 0 aliphatic heterocycles. The fourth-order valence-corrected chi connectivity index (χ4v) is 1.55. The monoisotopic (exact) mass is 200 g/mol. The van der Waals surface area contributed by atoms with E-state index in [0.29, 0.717) is 0 Å². The summed E-state index contributed by atoms with van der Waals surface area (Å²) in [5, 5.41) is 0. The minimum atomic E-state index is -0.102. The molecule has 0 aliphatic carbocycles. The molecule has 0 spiro atoms. The smallest absolute Gasteiger partial charge is 0.248 e. The average molecular weight is 200 g/mol. The number of aromatic nitrogens is 1. The van der Waals surface area contributed by atoms with Crippen molar-refractivity contribution in [1.82, 2.24) is 4.98 Å². The van der Waals surface area contributed by atoms with Crippen molar-refractivity contribution in [2.24, 2.45) is 0 Å². The third-order valence-electron chi connectivity index (χ3n) is 2.43. The molecule has 76 valence electrons. The van der Waals surface area contributed by atoms with Gasteiger partial charge in [-0.05, 0) is 24.6 Å². The van der Waals surface area contributed by atoms with Gasteiger partial charge in [0.05, 0.1) is 0 Å². The van der Waals surface area contributed by atoms with Crippen LogP contribution in [0.25, 0.3) is 11.3 Å². The first kappa shape index (κ1) is 9.52.